The minimum absolute atomic E-state index is 0.00219. The van der Waals surface area contributed by atoms with Gasteiger partial charge in [-0.2, -0.15) is 9.97 Å². The highest BCUT2D eigenvalue weighted by atomic mass is 19.1. The molecule has 0 spiro atoms. The molecule has 0 amide bonds. The summed E-state index contributed by atoms with van der Waals surface area (Å²) in [7, 11) is 0. The zero-order valence-electron chi connectivity index (χ0n) is 27.7. The molecule has 4 aromatic rings. The van der Waals surface area contributed by atoms with Crippen molar-refractivity contribution in [1.82, 2.24) is 20.2 Å². The van der Waals surface area contributed by atoms with Gasteiger partial charge in [0.25, 0.3) is 0 Å². The number of rotatable bonds is 8. The summed E-state index contributed by atoms with van der Waals surface area (Å²) in [6.07, 6.45) is 4.84. The number of hydrogen-bond acceptors (Lipinski definition) is 8. The van der Waals surface area contributed by atoms with E-state index in [4.69, 9.17) is 19.4 Å². The highest BCUT2D eigenvalue weighted by molar-refractivity contribution is 6.04. The van der Waals surface area contributed by atoms with Crippen molar-refractivity contribution in [2.75, 3.05) is 57.4 Å². The van der Waals surface area contributed by atoms with Crippen molar-refractivity contribution in [2.45, 2.75) is 58.0 Å². The van der Waals surface area contributed by atoms with Crippen LogP contribution in [0.5, 0.6) is 11.8 Å². The average molecular weight is 656 g/mol. The van der Waals surface area contributed by atoms with Gasteiger partial charge >= 0.3 is 6.01 Å². The number of benzene rings is 3. The fraction of sp³-hybridized carbons (Fsp3) is 0.526. The number of nitrogens with zero attached hydrogens (tertiary/aromatic N) is 4. The molecule has 2 N–H and O–H groups in total. The second-order valence-corrected chi connectivity index (χ2v) is 15.2. The van der Waals surface area contributed by atoms with E-state index < -0.39 is 5.82 Å². The first-order valence-corrected chi connectivity index (χ1v) is 17.7. The van der Waals surface area contributed by atoms with Crippen LogP contribution in [0.1, 0.15) is 43.7 Å². The molecule has 5 fully saturated rings. The van der Waals surface area contributed by atoms with Gasteiger partial charge in [-0.1, -0.05) is 13.0 Å². The summed E-state index contributed by atoms with van der Waals surface area (Å²) < 4.78 is 44.4. The predicted molar refractivity (Wildman–Crippen MR) is 182 cm³/mol. The Bertz CT molecular complexity index is 1910. The van der Waals surface area contributed by atoms with E-state index >= 15 is 8.78 Å². The van der Waals surface area contributed by atoms with Crippen LogP contribution in [0.4, 0.5) is 14.6 Å². The summed E-state index contributed by atoms with van der Waals surface area (Å²) in [5.41, 5.74) is 2.18. The Balaban J connectivity index is 1.12. The molecule has 1 saturated carbocycles. The lowest BCUT2D eigenvalue weighted by molar-refractivity contribution is 0.131. The van der Waals surface area contributed by atoms with Gasteiger partial charge in [-0.25, -0.2) is 8.78 Å². The lowest BCUT2D eigenvalue weighted by Crippen LogP contribution is -2.51. The first kappa shape index (κ1) is 30.5. The summed E-state index contributed by atoms with van der Waals surface area (Å²) in [6, 6.07) is 9.07. The van der Waals surface area contributed by atoms with Crippen molar-refractivity contribution >= 4 is 27.5 Å². The molecule has 2 unspecified atom stereocenters. The highest BCUT2D eigenvalue weighted by Crippen LogP contribution is 2.48. The lowest BCUT2D eigenvalue weighted by atomic mass is 9.89. The van der Waals surface area contributed by atoms with Gasteiger partial charge in [0, 0.05) is 73.0 Å². The van der Waals surface area contributed by atoms with Crippen LogP contribution >= 0.6 is 0 Å². The topological polar surface area (TPSA) is 83.0 Å². The number of phenolic OH excluding ortho intramolecular Hbond substituents is 1. The zero-order valence-corrected chi connectivity index (χ0v) is 27.7. The summed E-state index contributed by atoms with van der Waals surface area (Å²) in [5.74, 6) is 1.11. The smallest absolute Gasteiger partial charge is 0.319 e. The first-order chi connectivity index (χ1) is 23.3. The summed E-state index contributed by atoms with van der Waals surface area (Å²) in [5, 5.41) is 16.3. The van der Waals surface area contributed by atoms with Crippen molar-refractivity contribution in [1.29, 1.82) is 0 Å². The van der Waals surface area contributed by atoms with Crippen LogP contribution in [0.2, 0.25) is 0 Å². The molecule has 5 aliphatic rings. The summed E-state index contributed by atoms with van der Waals surface area (Å²) in [4.78, 5) is 14.6. The fourth-order valence-electron chi connectivity index (χ4n) is 9.10. The molecule has 9 rings (SSSR count). The Morgan fingerprint density at radius 3 is 2.48 bits per heavy atom. The molecule has 1 aliphatic carbocycles. The van der Waals surface area contributed by atoms with Crippen molar-refractivity contribution in [3.8, 4) is 22.9 Å². The van der Waals surface area contributed by atoms with Gasteiger partial charge in [0.1, 0.15) is 22.9 Å². The fourth-order valence-corrected chi connectivity index (χ4v) is 9.10. The van der Waals surface area contributed by atoms with Gasteiger partial charge in [0.05, 0.1) is 19.8 Å². The van der Waals surface area contributed by atoms with E-state index in [0.717, 1.165) is 71.6 Å². The third kappa shape index (κ3) is 5.18. The lowest BCUT2D eigenvalue weighted by Gasteiger charge is -2.34. The van der Waals surface area contributed by atoms with E-state index in [9.17, 15) is 5.11 Å². The van der Waals surface area contributed by atoms with Crippen LogP contribution in [0.25, 0.3) is 32.8 Å². The largest absolute Gasteiger partial charge is 0.508 e. The molecule has 4 atom stereocenters. The van der Waals surface area contributed by atoms with Crippen molar-refractivity contribution in [2.24, 2.45) is 17.3 Å². The number of aromatic hydroxyl groups is 1. The van der Waals surface area contributed by atoms with Crippen LogP contribution < -0.4 is 15.0 Å². The molecule has 4 saturated heterocycles. The zero-order chi connectivity index (χ0) is 32.7. The SMILES string of the molecule is CCc1c(F)ccc2cc(O)cc(-c3c(C)cc4c(N5CC6CCC(C5)N6)nc(OCC5(CN6C[C@H]7COC[C@@H]7C6)CC5)nc4c3F)c12. The molecule has 8 nitrogen and oxygen atoms in total. The number of aryl methyl sites for hydroxylation is 2. The van der Waals surface area contributed by atoms with E-state index in [0.29, 0.717) is 81.2 Å². The van der Waals surface area contributed by atoms with Gasteiger partial charge < -0.3 is 29.7 Å². The van der Waals surface area contributed by atoms with Crippen molar-refractivity contribution < 1.29 is 23.4 Å². The minimum Gasteiger partial charge on any atom is -0.508 e. The Kier molecular flexibility index (Phi) is 7.29. The quantitative estimate of drug-likeness (QED) is 0.240. The summed E-state index contributed by atoms with van der Waals surface area (Å²) >= 11 is 0. The normalized spacial score (nSPS) is 26.1. The van der Waals surface area contributed by atoms with E-state index in [-0.39, 0.29) is 28.5 Å². The number of likely N-dealkylation sites (tertiary alicyclic amines) is 1. The van der Waals surface area contributed by atoms with Crippen molar-refractivity contribution in [3.63, 3.8) is 0 Å². The average Bonchev–Trinajstić information content (AvgIpc) is 3.31. The maximum Gasteiger partial charge on any atom is 0.319 e. The Hall–Kier alpha value is -3.60. The van der Waals surface area contributed by atoms with E-state index in [1.54, 1.807) is 18.2 Å². The number of piperazine rings is 1. The number of fused-ring (bicyclic) bond motifs is 5. The summed E-state index contributed by atoms with van der Waals surface area (Å²) in [6.45, 7) is 10.7. The molecular formula is C38H43F2N5O3. The Morgan fingerprint density at radius 1 is 1.02 bits per heavy atom. The van der Waals surface area contributed by atoms with Crippen LogP contribution in [-0.4, -0.2) is 84.6 Å². The molecular weight excluding hydrogens is 612 g/mol. The van der Waals surface area contributed by atoms with Gasteiger partial charge in [-0.3, -0.25) is 0 Å². The number of ether oxygens (including phenoxy) is 2. The first-order valence-electron chi connectivity index (χ1n) is 17.7. The maximum absolute atomic E-state index is 17.2. The monoisotopic (exact) mass is 655 g/mol. The van der Waals surface area contributed by atoms with Crippen LogP contribution in [-0.2, 0) is 11.2 Å². The van der Waals surface area contributed by atoms with Crippen LogP contribution in [0, 0.1) is 35.8 Å². The molecule has 252 valence electrons. The van der Waals surface area contributed by atoms with Gasteiger partial charge in [0.15, 0.2) is 5.82 Å². The highest BCUT2D eigenvalue weighted by Gasteiger charge is 2.48. The van der Waals surface area contributed by atoms with Crippen molar-refractivity contribution in [3.05, 3.63) is 53.1 Å². The standard InChI is InChI=1S/C38H43F2N5O3/c1-3-28-31(39)7-4-22-11-27(46)12-29(33(22)28)32-21(2)10-30-35(34(32)40)42-37(43-36(30)45-15-25-5-6-26(16-45)41-25)48-20-38(8-9-38)19-44-13-23-17-47-18-24(23)14-44/h4,7,10-12,23-26,41,46H,3,5-6,8-9,13-20H2,1-2H3/t23-,24-,25?,26?/m0/s1. The number of nitrogens with one attached hydrogen (secondary N) is 1. The number of halogens is 2. The number of aromatic nitrogens is 2. The molecule has 48 heavy (non-hydrogen) atoms. The van der Waals surface area contributed by atoms with Gasteiger partial charge in [-0.15, -0.1) is 0 Å². The molecule has 10 heteroatoms. The third-order valence-corrected chi connectivity index (χ3v) is 11.7. The molecule has 3 aromatic carbocycles. The second-order valence-electron chi connectivity index (χ2n) is 15.2. The Morgan fingerprint density at radius 2 is 1.77 bits per heavy atom. The van der Waals surface area contributed by atoms with Crippen LogP contribution in [0.15, 0.2) is 30.3 Å². The van der Waals surface area contributed by atoms with Gasteiger partial charge in [-0.05, 0) is 90.8 Å². The molecule has 0 radical (unpaired) electrons. The third-order valence-electron chi connectivity index (χ3n) is 11.7. The number of anilines is 1. The Labute approximate surface area is 279 Å². The van der Waals surface area contributed by atoms with E-state index in [2.05, 4.69) is 15.1 Å². The number of phenols is 1. The predicted octanol–water partition coefficient (Wildman–Crippen LogP) is 5.98. The second kappa shape index (κ2) is 11.5. The molecule has 5 heterocycles. The van der Waals surface area contributed by atoms with E-state index in [1.807, 2.05) is 19.9 Å². The van der Waals surface area contributed by atoms with Crippen LogP contribution in [0.3, 0.4) is 0 Å². The molecule has 4 aliphatic heterocycles. The minimum atomic E-state index is -0.512. The van der Waals surface area contributed by atoms with Gasteiger partial charge in [0.2, 0.25) is 0 Å². The maximum atomic E-state index is 17.2. The molecule has 2 bridgehead atoms. The molecule has 1 aromatic heterocycles. The number of hydrogen-bond donors (Lipinski definition) is 2. The van der Waals surface area contributed by atoms with E-state index in [1.165, 1.54) is 6.07 Å².